The van der Waals surface area contributed by atoms with E-state index in [2.05, 4.69) is 241 Å². The highest BCUT2D eigenvalue weighted by molar-refractivity contribution is 6.05. The minimum atomic E-state index is 1.10. The Labute approximate surface area is 334 Å². The van der Waals surface area contributed by atoms with E-state index in [-0.39, 0.29) is 0 Å². The molecule has 0 aromatic heterocycles. The molecule has 0 heterocycles. The highest BCUT2D eigenvalue weighted by Gasteiger charge is 2.18. The van der Waals surface area contributed by atoms with Crippen molar-refractivity contribution < 1.29 is 0 Å². The monoisotopic (exact) mass is 725 g/mol. The highest BCUT2D eigenvalue weighted by Crippen LogP contribution is 2.43. The van der Waals surface area contributed by atoms with E-state index in [0.717, 1.165) is 17.1 Å². The topological polar surface area (TPSA) is 3.24 Å². The molecule has 0 amide bonds. The second-order valence-corrected chi connectivity index (χ2v) is 14.5. The van der Waals surface area contributed by atoms with Gasteiger partial charge in [0.2, 0.25) is 0 Å². The molecular formula is C56H39N. The van der Waals surface area contributed by atoms with Crippen LogP contribution in [0.2, 0.25) is 0 Å². The van der Waals surface area contributed by atoms with Crippen molar-refractivity contribution in [2.24, 2.45) is 0 Å². The number of benzene rings is 10. The lowest BCUT2D eigenvalue weighted by Crippen LogP contribution is -2.10. The summed E-state index contributed by atoms with van der Waals surface area (Å²) in [5.74, 6) is 0. The third-order valence-electron chi connectivity index (χ3n) is 11.1. The van der Waals surface area contributed by atoms with Crippen molar-refractivity contribution in [1.29, 1.82) is 0 Å². The van der Waals surface area contributed by atoms with E-state index in [1.54, 1.807) is 0 Å². The molecule has 57 heavy (non-hydrogen) atoms. The molecule has 10 aromatic carbocycles. The average Bonchev–Trinajstić information content (AvgIpc) is 3.30. The Morgan fingerprint density at radius 3 is 1.33 bits per heavy atom. The van der Waals surface area contributed by atoms with Gasteiger partial charge in [-0.15, -0.1) is 0 Å². The Hall–Kier alpha value is -7.48. The number of rotatable bonds is 8. The van der Waals surface area contributed by atoms with Crippen LogP contribution in [-0.4, -0.2) is 0 Å². The summed E-state index contributed by atoms with van der Waals surface area (Å²) >= 11 is 0. The van der Waals surface area contributed by atoms with Gasteiger partial charge in [0, 0.05) is 16.8 Å². The number of anilines is 3. The first-order valence-electron chi connectivity index (χ1n) is 19.6. The van der Waals surface area contributed by atoms with Gasteiger partial charge >= 0.3 is 0 Å². The van der Waals surface area contributed by atoms with Crippen LogP contribution in [0.1, 0.15) is 0 Å². The molecule has 1 nitrogen and oxygen atoms in total. The van der Waals surface area contributed by atoms with Crippen molar-refractivity contribution >= 4 is 38.6 Å². The van der Waals surface area contributed by atoms with Crippen molar-refractivity contribution in [3.8, 4) is 55.6 Å². The Kier molecular flexibility index (Phi) is 8.95. The molecule has 1 heteroatoms. The summed E-state index contributed by atoms with van der Waals surface area (Å²) < 4.78 is 0. The van der Waals surface area contributed by atoms with Crippen molar-refractivity contribution in [2.45, 2.75) is 0 Å². The molecule has 0 N–H and O–H groups in total. The first-order chi connectivity index (χ1) is 28.3. The maximum Gasteiger partial charge on any atom is 0.0540 e. The van der Waals surface area contributed by atoms with Gasteiger partial charge < -0.3 is 4.90 Å². The zero-order chi connectivity index (χ0) is 38.0. The summed E-state index contributed by atoms with van der Waals surface area (Å²) in [4.78, 5) is 2.39. The fourth-order valence-electron chi connectivity index (χ4n) is 8.30. The smallest absolute Gasteiger partial charge is 0.0540 e. The number of nitrogens with zero attached hydrogens (tertiary/aromatic N) is 1. The lowest BCUT2D eigenvalue weighted by molar-refractivity contribution is 1.30. The zero-order valence-corrected chi connectivity index (χ0v) is 31.5. The maximum absolute atomic E-state index is 2.39. The molecule has 0 radical (unpaired) electrons. The first kappa shape index (κ1) is 34.0. The van der Waals surface area contributed by atoms with Gasteiger partial charge in [-0.25, -0.2) is 0 Å². The van der Waals surface area contributed by atoms with E-state index >= 15 is 0 Å². The highest BCUT2D eigenvalue weighted by atomic mass is 15.1. The lowest BCUT2D eigenvalue weighted by Gasteiger charge is -2.27. The fourth-order valence-corrected chi connectivity index (χ4v) is 8.30. The Balaban J connectivity index is 1.08. The number of hydrogen-bond acceptors (Lipinski definition) is 1. The van der Waals surface area contributed by atoms with Gasteiger partial charge in [-0.1, -0.05) is 200 Å². The molecule has 0 spiro atoms. The van der Waals surface area contributed by atoms with Crippen LogP contribution >= 0.6 is 0 Å². The average molecular weight is 726 g/mol. The predicted molar refractivity (Wildman–Crippen MR) is 243 cm³/mol. The molecule has 0 bridgehead atoms. The molecule has 0 saturated heterocycles. The molecule has 0 aliphatic heterocycles. The molecule has 0 saturated carbocycles. The molecule has 0 aliphatic carbocycles. The van der Waals surface area contributed by atoms with Crippen molar-refractivity contribution in [3.63, 3.8) is 0 Å². The van der Waals surface area contributed by atoms with E-state index in [1.807, 2.05) is 0 Å². The molecule has 10 aromatic rings. The Morgan fingerprint density at radius 1 is 0.246 bits per heavy atom. The van der Waals surface area contributed by atoms with Gasteiger partial charge in [0.25, 0.3) is 0 Å². The van der Waals surface area contributed by atoms with Gasteiger partial charge in [-0.2, -0.15) is 0 Å². The van der Waals surface area contributed by atoms with E-state index in [0.29, 0.717) is 0 Å². The van der Waals surface area contributed by atoms with Gasteiger partial charge in [0.1, 0.15) is 0 Å². The minimum Gasteiger partial charge on any atom is -0.310 e. The van der Waals surface area contributed by atoms with Crippen LogP contribution in [0.5, 0.6) is 0 Å². The van der Waals surface area contributed by atoms with E-state index < -0.39 is 0 Å². The van der Waals surface area contributed by atoms with Gasteiger partial charge in [0.05, 0.1) is 5.69 Å². The fraction of sp³-hybridized carbons (Fsp3) is 0. The Morgan fingerprint density at radius 2 is 0.702 bits per heavy atom. The second kappa shape index (κ2) is 15.0. The van der Waals surface area contributed by atoms with E-state index in [4.69, 9.17) is 0 Å². The van der Waals surface area contributed by atoms with Gasteiger partial charge in [0.15, 0.2) is 0 Å². The van der Waals surface area contributed by atoms with Gasteiger partial charge in [-0.05, 0) is 108 Å². The molecule has 10 rings (SSSR count). The lowest BCUT2D eigenvalue weighted by atomic mass is 9.89. The molecule has 0 unspecified atom stereocenters. The van der Waals surface area contributed by atoms with Crippen molar-refractivity contribution in [3.05, 3.63) is 237 Å². The predicted octanol–water partition coefficient (Wildman–Crippen LogP) is 15.8. The molecule has 268 valence electrons. The van der Waals surface area contributed by atoms with Crippen LogP contribution in [0.3, 0.4) is 0 Å². The summed E-state index contributed by atoms with van der Waals surface area (Å²) in [7, 11) is 0. The Bertz CT molecular complexity index is 2960. The molecule has 0 atom stereocenters. The number of fused-ring (bicyclic) bond motifs is 2. The minimum absolute atomic E-state index is 1.10. The summed E-state index contributed by atoms with van der Waals surface area (Å²) in [5.41, 5.74) is 15.5. The van der Waals surface area contributed by atoms with Crippen LogP contribution in [0.25, 0.3) is 77.2 Å². The maximum atomic E-state index is 2.39. The SMILES string of the molecule is c1ccc(-c2ccc(-c3ccc(N(c4ccc(-c5c(-c6ccccc6)ccc6ccccc56)cc4)c4cccc5ccccc45)cc3)cc2-c2ccccc2)cc1. The number of hydrogen-bond donors (Lipinski definition) is 0. The van der Waals surface area contributed by atoms with E-state index in [9.17, 15) is 0 Å². The van der Waals surface area contributed by atoms with Gasteiger partial charge in [-0.3, -0.25) is 0 Å². The molecule has 0 fully saturated rings. The van der Waals surface area contributed by atoms with Crippen LogP contribution in [0.15, 0.2) is 237 Å². The van der Waals surface area contributed by atoms with Crippen LogP contribution in [0, 0.1) is 0 Å². The standard InChI is InChI=1S/C56H39N/c1-4-15-41(16-5-1)50-37-32-47(39-54(50)44-19-8-3-9-20-44)40-27-33-48(34-28-40)57(55-26-14-23-42-21-10-12-24-51(42)55)49-35-29-46(30-36-49)56-52-25-13-11-22-45(52)31-38-53(56)43-17-6-2-7-18-43/h1-39H. The molecular weight excluding hydrogens is 687 g/mol. The third-order valence-corrected chi connectivity index (χ3v) is 11.1. The van der Waals surface area contributed by atoms with E-state index in [1.165, 1.54) is 77.2 Å². The van der Waals surface area contributed by atoms with Crippen molar-refractivity contribution in [2.75, 3.05) is 4.90 Å². The quantitative estimate of drug-likeness (QED) is 0.151. The zero-order valence-electron chi connectivity index (χ0n) is 31.5. The molecule has 0 aliphatic rings. The van der Waals surface area contributed by atoms with Crippen LogP contribution in [-0.2, 0) is 0 Å². The normalized spacial score (nSPS) is 11.2. The van der Waals surface area contributed by atoms with Crippen LogP contribution in [0.4, 0.5) is 17.1 Å². The second-order valence-electron chi connectivity index (χ2n) is 14.5. The third kappa shape index (κ3) is 6.56. The van der Waals surface area contributed by atoms with Crippen LogP contribution < -0.4 is 4.90 Å². The summed E-state index contributed by atoms with van der Waals surface area (Å²) in [5, 5.41) is 4.90. The first-order valence-corrected chi connectivity index (χ1v) is 19.6. The summed E-state index contributed by atoms with van der Waals surface area (Å²) in [6, 6.07) is 85.6. The summed E-state index contributed by atoms with van der Waals surface area (Å²) in [6.45, 7) is 0. The summed E-state index contributed by atoms with van der Waals surface area (Å²) in [6.07, 6.45) is 0. The largest absolute Gasteiger partial charge is 0.310 e. The van der Waals surface area contributed by atoms with Crippen molar-refractivity contribution in [1.82, 2.24) is 0 Å².